The quantitative estimate of drug-likeness (QED) is 0.410. The van der Waals surface area contributed by atoms with Gasteiger partial charge in [0.25, 0.3) is 0 Å². The third kappa shape index (κ3) is 6.55. The lowest BCUT2D eigenvalue weighted by Crippen LogP contribution is -2.36. The van der Waals surface area contributed by atoms with Crippen LogP contribution >= 0.6 is 11.6 Å². The van der Waals surface area contributed by atoms with Gasteiger partial charge < -0.3 is 14.2 Å². The van der Waals surface area contributed by atoms with Crippen molar-refractivity contribution in [2.75, 3.05) is 20.3 Å². The standard InChI is InChI=1S/C18H29ClO3/c1-5-7-11-21-18(3,22-12-8-6-2)14-15-9-10-17(20-4)16(19)13-15/h9-10,13H,5-8,11-12,14H2,1-4H3. The fourth-order valence-electron chi connectivity index (χ4n) is 2.20. The molecule has 0 amide bonds. The van der Waals surface area contributed by atoms with E-state index in [1.54, 1.807) is 7.11 Å². The molecule has 3 nitrogen and oxygen atoms in total. The van der Waals surface area contributed by atoms with Crippen LogP contribution in [0.3, 0.4) is 0 Å². The molecule has 0 aliphatic carbocycles. The van der Waals surface area contributed by atoms with E-state index in [1.807, 2.05) is 25.1 Å². The van der Waals surface area contributed by atoms with E-state index >= 15 is 0 Å². The molecule has 0 heterocycles. The highest BCUT2D eigenvalue weighted by Crippen LogP contribution is 2.28. The van der Waals surface area contributed by atoms with Crippen molar-refractivity contribution in [1.82, 2.24) is 0 Å². The summed E-state index contributed by atoms with van der Waals surface area (Å²) in [6.45, 7) is 7.74. The van der Waals surface area contributed by atoms with Crippen LogP contribution in [0.15, 0.2) is 18.2 Å². The number of rotatable bonds is 11. The molecule has 1 rings (SSSR count). The minimum Gasteiger partial charge on any atom is -0.495 e. The molecule has 0 radical (unpaired) electrons. The average molecular weight is 329 g/mol. The fraction of sp³-hybridized carbons (Fsp3) is 0.667. The van der Waals surface area contributed by atoms with E-state index in [0.717, 1.165) is 31.2 Å². The summed E-state index contributed by atoms with van der Waals surface area (Å²) >= 11 is 6.21. The molecule has 0 aromatic heterocycles. The van der Waals surface area contributed by atoms with Gasteiger partial charge in [-0.15, -0.1) is 0 Å². The first-order valence-electron chi connectivity index (χ1n) is 8.15. The SMILES string of the molecule is CCCCOC(C)(Cc1ccc(OC)c(Cl)c1)OCCCC. The number of benzene rings is 1. The zero-order valence-corrected chi connectivity index (χ0v) is 15.0. The minimum absolute atomic E-state index is 0.609. The Labute approximate surface area is 139 Å². The summed E-state index contributed by atoms with van der Waals surface area (Å²) in [6, 6.07) is 5.82. The number of ether oxygens (including phenoxy) is 3. The predicted molar refractivity (Wildman–Crippen MR) is 91.8 cm³/mol. The molecule has 0 unspecified atom stereocenters. The van der Waals surface area contributed by atoms with Crippen molar-refractivity contribution in [1.29, 1.82) is 0 Å². The molecule has 0 saturated carbocycles. The van der Waals surface area contributed by atoms with Crippen LogP contribution in [0.2, 0.25) is 5.02 Å². The van der Waals surface area contributed by atoms with Crippen molar-refractivity contribution in [3.63, 3.8) is 0 Å². The molecule has 0 atom stereocenters. The maximum absolute atomic E-state index is 6.21. The second-order valence-electron chi connectivity index (χ2n) is 5.68. The van der Waals surface area contributed by atoms with Crippen LogP contribution in [-0.4, -0.2) is 26.1 Å². The molecule has 0 aliphatic rings. The Bertz CT molecular complexity index is 424. The Hall–Kier alpha value is -0.770. The Morgan fingerprint density at radius 2 is 1.64 bits per heavy atom. The highest BCUT2D eigenvalue weighted by molar-refractivity contribution is 6.32. The summed E-state index contributed by atoms with van der Waals surface area (Å²) in [5.74, 6) is 0.0772. The van der Waals surface area contributed by atoms with Gasteiger partial charge in [0.2, 0.25) is 0 Å². The summed E-state index contributed by atoms with van der Waals surface area (Å²) in [4.78, 5) is 0. The second kappa shape index (κ2) is 10.1. The van der Waals surface area contributed by atoms with Crippen LogP contribution in [0.1, 0.15) is 52.0 Å². The van der Waals surface area contributed by atoms with E-state index in [9.17, 15) is 0 Å². The van der Waals surface area contributed by atoms with Crippen LogP contribution in [0, 0.1) is 0 Å². The summed E-state index contributed by atoms with van der Waals surface area (Å²) in [6.07, 6.45) is 4.97. The molecule has 1 aromatic carbocycles. The molecular weight excluding hydrogens is 300 g/mol. The molecule has 0 spiro atoms. The molecular formula is C18H29ClO3. The van der Waals surface area contributed by atoms with Gasteiger partial charge in [-0.05, 0) is 37.5 Å². The Morgan fingerprint density at radius 3 is 2.09 bits per heavy atom. The van der Waals surface area contributed by atoms with Gasteiger partial charge in [0, 0.05) is 6.42 Å². The van der Waals surface area contributed by atoms with Crippen molar-refractivity contribution >= 4 is 11.6 Å². The molecule has 126 valence electrons. The molecule has 1 aromatic rings. The van der Waals surface area contributed by atoms with Gasteiger partial charge in [-0.1, -0.05) is 44.4 Å². The van der Waals surface area contributed by atoms with Crippen molar-refractivity contribution in [2.45, 2.75) is 58.7 Å². The van der Waals surface area contributed by atoms with Crippen molar-refractivity contribution in [3.8, 4) is 5.75 Å². The Morgan fingerprint density at radius 1 is 1.05 bits per heavy atom. The van der Waals surface area contributed by atoms with Crippen molar-refractivity contribution in [3.05, 3.63) is 28.8 Å². The Kier molecular flexibility index (Phi) is 8.84. The predicted octanol–water partition coefficient (Wildman–Crippen LogP) is 5.24. The smallest absolute Gasteiger partial charge is 0.169 e. The number of unbranched alkanes of at least 4 members (excludes halogenated alkanes) is 2. The summed E-state index contributed by atoms with van der Waals surface area (Å²) in [7, 11) is 1.62. The lowest BCUT2D eigenvalue weighted by Gasteiger charge is -2.30. The normalized spacial score (nSPS) is 11.7. The zero-order valence-electron chi connectivity index (χ0n) is 14.3. The Balaban J connectivity index is 2.74. The average Bonchev–Trinajstić information content (AvgIpc) is 2.48. The zero-order chi connectivity index (χ0) is 16.4. The summed E-state index contributed by atoms with van der Waals surface area (Å²) in [5.41, 5.74) is 1.08. The maximum atomic E-state index is 6.21. The highest BCUT2D eigenvalue weighted by atomic mass is 35.5. The number of hydrogen-bond donors (Lipinski definition) is 0. The van der Waals surface area contributed by atoms with Gasteiger partial charge in [0.1, 0.15) is 5.75 Å². The first kappa shape index (κ1) is 19.3. The lowest BCUT2D eigenvalue weighted by atomic mass is 10.1. The lowest BCUT2D eigenvalue weighted by molar-refractivity contribution is -0.225. The highest BCUT2D eigenvalue weighted by Gasteiger charge is 2.26. The van der Waals surface area contributed by atoms with Gasteiger partial charge in [-0.3, -0.25) is 0 Å². The van der Waals surface area contributed by atoms with Crippen molar-refractivity contribution < 1.29 is 14.2 Å². The number of hydrogen-bond acceptors (Lipinski definition) is 3. The van der Waals surface area contributed by atoms with E-state index < -0.39 is 5.79 Å². The molecule has 22 heavy (non-hydrogen) atoms. The number of halogens is 1. The van der Waals surface area contributed by atoms with Gasteiger partial charge in [-0.2, -0.15) is 0 Å². The largest absolute Gasteiger partial charge is 0.495 e. The van der Waals surface area contributed by atoms with Crippen molar-refractivity contribution in [2.24, 2.45) is 0 Å². The molecule has 0 bridgehead atoms. The molecule has 0 saturated heterocycles. The third-order valence-electron chi connectivity index (χ3n) is 3.55. The van der Waals surface area contributed by atoms with Gasteiger partial charge in [-0.25, -0.2) is 0 Å². The molecule has 0 aliphatic heterocycles. The third-order valence-corrected chi connectivity index (χ3v) is 3.85. The first-order chi connectivity index (χ1) is 10.5. The van der Waals surface area contributed by atoms with E-state index in [-0.39, 0.29) is 0 Å². The monoisotopic (exact) mass is 328 g/mol. The van der Waals surface area contributed by atoms with E-state index in [2.05, 4.69) is 13.8 Å². The molecule has 0 fully saturated rings. The van der Waals surface area contributed by atoms with Crippen LogP contribution in [0.4, 0.5) is 0 Å². The minimum atomic E-state index is -0.609. The summed E-state index contributed by atoms with van der Waals surface area (Å²) < 4.78 is 17.2. The summed E-state index contributed by atoms with van der Waals surface area (Å²) in [5, 5.41) is 0.615. The van der Waals surface area contributed by atoms with Crippen LogP contribution in [-0.2, 0) is 15.9 Å². The second-order valence-corrected chi connectivity index (χ2v) is 6.09. The van der Waals surface area contributed by atoms with Crippen LogP contribution < -0.4 is 4.74 Å². The maximum Gasteiger partial charge on any atom is 0.169 e. The number of methoxy groups -OCH3 is 1. The molecule has 0 N–H and O–H groups in total. The van der Waals surface area contributed by atoms with Gasteiger partial charge >= 0.3 is 0 Å². The van der Waals surface area contributed by atoms with Gasteiger partial charge in [0.05, 0.1) is 25.3 Å². The van der Waals surface area contributed by atoms with Gasteiger partial charge in [0.15, 0.2) is 5.79 Å². The molecule has 4 heteroatoms. The topological polar surface area (TPSA) is 27.7 Å². The van der Waals surface area contributed by atoms with Crippen LogP contribution in [0.5, 0.6) is 5.75 Å². The van der Waals surface area contributed by atoms with E-state index in [4.69, 9.17) is 25.8 Å². The fourth-order valence-corrected chi connectivity index (χ4v) is 2.48. The van der Waals surface area contributed by atoms with Crippen LogP contribution in [0.25, 0.3) is 0 Å². The van der Waals surface area contributed by atoms with E-state index in [1.165, 1.54) is 0 Å². The first-order valence-corrected chi connectivity index (χ1v) is 8.52. The van der Waals surface area contributed by atoms with E-state index in [0.29, 0.717) is 30.4 Å².